The maximum Gasteiger partial charge on any atom is 0.279 e. The lowest BCUT2D eigenvalue weighted by Crippen LogP contribution is -2.48. The Hall–Kier alpha value is -2.30. The summed E-state index contributed by atoms with van der Waals surface area (Å²) in [7, 11) is -3.60. The van der Waals surface area contributed by atoms with Crippen molar-refractivity contribution in [3.05, 3.63) is 45.9 Å². The van der Waals surface area contributed by atoms with Crippen molar-refractivity contribution in [1.82, 2.24) is 20.1 Å². The number of hydrogen-bond acceptors (Lipinski definition) is 6. The third-order valence-electron chi connectivity index (χ3n) is 5.62. The second kappa shape index (κ2) is 8.83. The van der Waals surface area contributed by atoms with Crippen LogP contribution in [-0.2, 0) is 27.7 Å². The molecule has 10 heteroatoms. The third-order valence-corrected chi connectivity index (χ3v) is 8.73. The van der Waals surface area contributed by atoms with Gasteiger partial charge in [0.25, 0.3) is 5.91 Å². The van der Waals surface area contributed by atoms with Crippen LogP contribution in [-0.4, -0.2) is 42.6 Å². The zero-order chi connectivity index (χ0) is 21.1. The lowest BCUT2D eigenvalue weighted by Gasteiger charge is -2.30. The number of aromatic nitrogens is 1. The number of carbonyl (C=O) groups is 2. The molecule has 0 bridgehead atoms. The molecule has 3 heterocycles. The topological polar surface area (TPSA) is 108 Å². The fourth-order valence-electron chi connectivity index (χ4n) is 3.89. The van der Waals surface area contributed by atoms with Gasteiger partial charge in [-0.2, -0.15) is 4.31 Å². The van der Waals surface area contributed by atoms with Gasteiger partial charge >= 0.3 is 0 Å². The Bertz CT molecular complexity index is 1000. The molecule has 2 amide bonds. The normalized spacial score (nSPS) is 17.9. The molecule has 1 saturated heterocycles. The largest absolute Gasteiger partial charge is 0.279 e. The van der Waals surface area contributed by atoms with Crippen molar-refractivity contribution in [2.45, 2.75) is 43.4 Å². The highest BCUT2D eigenvalue weighted by molar-refractivity contribution is 7.89. The van der Waals surface area contributed by atoms with Crippen LogP contribution < -0.4 is 10.9 Å². The fraction of sp³-hybridized carbons (Fsp3) is 0.450. The van der Waals surface area contributed by atoms with Crippen LogP contribution >= 0.6 is 11.3 Å². The molecule has 8 nitrogen and oxygen atoms in total. The molecule has 0 aromatic carbocycles. The maximum atomic E-state index is 12.6. The van der Waals surface area contributed by atoms with E-state index < -0.39 is 10.0 Å². The summed E-state index contributed by atoms with van der Waals surface area (Å²) >= 11 is 1.49. The Labute approximate surface area is 179 Å². The molecule has 1 fully saturated rings. The van der Waals surface area contributed by atoms with Gasteiger partial charge in [0, 0.05) is 36.3 Å². The van der Waals surface area contributed by atoms with E-state index >= 15 is 0 Å². The third kappa shape index (κ3) is 4.40. The predicted octanol–water partition coefficient (Wildman–Crippen LogP) is 1.88. The smallest absolute Gasteiger partial charge is 0.273 e. The number of thiophene rings is 1. The summed E-state index contributed by atoms with van der Waals surface area (Å²) in [5.41, 5.74) is 6.25. The Morgan fingerprint density at radius 1 is 1.13 bits per heavy atom. The lowest BCUT2D eigenvalue weighted by atomic mass is 9.98. The SMILES string of the molecule is O=C(NNC(=O)C1CCN(S(=O)(=O)c2cccnc2)CC1)c1cc2c(s1)CCCC2. The van der Waals surface area contributed by atoms with Crippen molar-refractivity contribution >= 4 is 33.2 Å². The van der Waals surface area contributed by atoms with Crippen LogP contribution in [0.5, 0.6) is 0 Å². The van der Waals surface area contributed by atoms with E-state index in [-0.39, 0.29) is 35.7 Å². The molecule has 2 aliphatic rings. The van der Waals surface area contributed by atoms with E-state index in [0.29, 0.717) is 17.7 Å². The Morgan fingerprint density at radius 3 is 2.60 bits per heavy atom. The first-order chi connectivity index (χ1) is 14.4. The average Bonchev–Trinajstić information content (AvgIpc) is 3.22. The monoisotopic (exact) mass is 448 g/mol. The summed E-state index contributed by atoms with van der Waals surface area (Å²) in [5, 5.41) is 0. The number of pyridine rings is 1. The number of amides is 2. The molecule has 1 aliphatic carbocycles. The first-order valence-electron chi connectivity index (χ1n) is 10.1. The standard InChI is InChI=1S/C20H24N4O4S2/c25-19(22-23-20(26)18-12-15-4-1-2-6-17(15)29-18)14-7-10-24(11-8-14)30(27,28)16-5-3-9-21-13-16/h3,5,9,12-14H,1-2,4,6-8,10-11H2,(H,22,25)(H,23,26). The van der Waals surface area contributed by atoms with Crippen LogP contribution in [0, 0.1) is 5.92 Å². The molecule has 0 unspecified atom stereocenters. The van der Waals surface area contributed by atoms with Gasteiger partial charge in [-0.15, -0.1) is 11.3 Å². The van der Waals surface area contributed by atoms with Crippen molar-refractivity contribution in [3.63, 3.8) is 0 Å². The number of piperidine rings is 1. The molecule has 4 rings (SSSR count). The Kier molecular flexibility index (Phi) is 6.16. The van der Waals surface area contributed by atoms with E-state index in [0.717, 1.165) is 25.7 Å². The van der Waals surface area contributed by atoms with E-state index in [1.807, 2.05) is 6.07 Å². The summed E-state index contributed by atoms with van der Waals surface area (Å²) in [4.78, 5) is 30.7. The van der Waals surface area contributed by atoms with Gasteiger partial charge in [-0.05, 0) is 62.3 Å². The summed E-state index contributed by atoms with van der Waals surface area (Å²) in [5.74, 6) is -0.940. The van der Waals surface area contributed by atoms with E-state index in [1.54, 1.807) is 6.07 Å². The molecular formula is C20H24N4O4S2. The Morgan fingerprint density at radius 2 is 1.90 bits per heavy atom. The van der Waals surface area contributed by atoms with Crippen molar-refractivity contribution in [1.29, 1.82) is 0 Å². The number of aryl methyl sites for hydroxylation is 2. The minimum atomic E-state index is -3.60. The van der Waals surface area contributed by atoms with Gasteiger partial charge in [-0.25, -0.2) is 8.42 Å². The number of carbonyl (C=O) groups excluding carboxylic acids is 2. The molecule has 30 heavy (non-hydrogen) atoms. The van der Waals surface area contributed by atoms with E-state index in [1.165, 1.54) is 44.5 Å². The number of sulfonamides is 1. The Balaban J connectivity index is 1.28. The van der Waals surface area contributed by atoms with Gasteiger partial charge in [-0.1, -0.05) is 0 Å². The number of nitrogens with zero attached hydrogens (tertiary/aromatic N) is 2. The minimum Gasteiger partial charge on any atom is -0.273 e. The van der Waals surface area contributed by atoms with Gasteiger partial charge in [0.15, 0.2) is 0 Å². The summed E-state index contributed by atoms with van der Waals surface area (Å²) in [6.07, 6.45) is 7.97. The second-order valence-corrected chi connectivity index (χ2v) is 10.7. The van der Waals surface area contributed by atoms with E-state index in [4.69, 9.17) is 0 Å². The molecule has 2 N–H and O–H groups in total. The van der Waals surface area contributed by atoms with E-state index in [9.17, 15) is 18.0 Å². The van der Waals surface area contributed by atoms with Crippen LogP contribution in [0.15, 0.2) is 35.5 Å². The fourth-order valence-corrected chi connectivity index (χ4v) is 6.47. The molecular weight excluding hydrogens is 424 g/mol. The molecule has 2 aromatic rings. The van der Waals surface area contributed by atoms with Crippen LogP contribution in [0.4, 0.5) is 0 Å². The van der Waals surface area contributed by atoms with Gasteiger partial charge in [0.05, 0.1) is 4.88 Å². The summed E-state index contributed by atoms with van der Waals surface area (Å²) < 4.78 is 26.7. The number of nitrogens with one attached hydrogen (secondary N) is 2. The maximum absolute atomic E-state index is 12.6. The summed E-state index contributed by atoms with van der Waals surface area (Å²) in [6, 6.07) is 5.02. The van der Waals surface area contributed by atoms with E-state index in [2.05, 4.69) is 15.8 Å². The molecule has 1 aliphatic heterocycles. The van der Waals surface area contributed by atoms with Crippen molar-refractivity contribution in [2.75, 3.05) is 13.1 Å². The van der Waals surface area contributed by atoms with Gasteiger partial charge in [-0.3, -0.25) is 25.4 Å². The van der Waals surface area contributed by atoms with Gasteiger partial charge in [0.2, 0.25) is 15.9 Å². The molecule has 0 spiro atoms. The van der Waals surface area contributed by atoms with Gasteiger partial charge in [0.1, 0.15) is 4.90 Å². The molecule has 0 saturated carbocycles. The summed E-state index contributed by atoms with van der Waals surface area (Å²) in [6.45, 7) is 0.502. The highest BCUT2D eigenvalue weighted by Crippen LogP contribution is 2.29. The highest BCUT2D eigenvalue weighted by Gasteiger charge is 2.32. The highest BCUT2D eigenvalue weighted by atomic mass is 32.2. The average molecular weight is 449 g/mol. The van der Waals surface area contributed by atoms with Crippen molar-refractivity contribution in [2.24, 2.45) is 5.92 Å². The van der Waals surface area contributed by atoms with Crippen molar-refractivity contribution in [3.8, 4) is 0 Å². The van der Waals surface area contributed by atoms with Crippen LogP contribution in [0.25, 0.3) is 0 Å². The number of hydrazine groups is 1. The quantitative estimate of drug-likeness (QED) is 0.695. The van der Waals surface area contributed by atoms with Crippen molar-refractivity contribution < 1.29 is 18.0 Å². The van der Waals surface area contributed by atoms with Crippen LogP contribution in [0.3, 0.4) is 0 Å². The second-order valence-electron chi connectivity index (χ2n) is 7.58. The van der Waals surface area contributed by atoms with Crippen LogP contribution in [0.1, 0.15) is 45.8 Å². The number of hydrogen-bond donors (Lipinski definition) is 2. The predicted molar refractivity (Wildman–Crippen MR) is 112 cm³/mol. The van der Waals surface area contributed by atoms with Gasteiger partial charge < -0.3 is 0 Å². The zero-order valence-electron chi connectivity index (χ0n) is 16.5. The molecule has 0 atom stereocenters. The molecule has 160 valence electrons. The van der Waals surface area contributed by atoms with Crippen LogP contribution in [0.2, 0.25) is 0 Å². The molecule has 0 radical (unpaired) electrons. The lowest BCUT2D eigenvalue weighted by molar-refractivity contribution is -0.126. The number of rotatable bonds is 4. The minimum absolute atomic E-state index is 0.152. The first kappa shape index (κ1) is 21.0. The number of fused-ring (bicyclic) bond motifs is 1. The zero-order valence-corrected chi connectivity index (χ0v) is 18.1. The first-order valence-corrected chi connectivity index (χ1v) is 12.3. The molecule has 2 aromatic heterocycles.